The van der Waals surface area contributed by atoms with Crippen molar-refractivity contribution in [2.75, 3.05) is 38.8 Å². The molecule has 1 aromatic carbocycles. The number of halogens is 1. The highest BCUT2D eigenvalue weighted by atomic mass is 19.1. The molecule has 0 unspecified atom stereocenters. The van der Waals surface area contributed by atoms with Gasteiger partial charge >= 0.3 is 6.03 Å². The van der Waals surface area contributed by atoms with E-state index < -0.39 is 11.6 Å². The Labute approximate surface area is 168 Å². The maximum Gasteiger partial charge on any atom is 0.324 e. The maximum absolute atomic E-state index is 14.8. The third-order valence-corrected chi connectivity index (χ3v) is 5.84. The summed E-state index contributed by atoms with van der Waals surface area (Å²) >= 11 is 0. The van der Waals surface area contributed by atoms with Crippen LogP contribution in [0, 0.1) is 11.7 Å². The highest BCUT2D eigenvalue weighted by Crippen LogP contribution is 2.31. The zero-order valence-corrected chi connectivity index (χ0v) is 18.0. The van der Waals surface area contributed by atoms with Crippen LogP contribution in [0.4, 0.5) is 14.9 Å². The molecule has 1 aromatic rings. The van der Waals surface area contributed by atoms with Gasteiger partial charge in [-0.2, -0.15) is 0 Å². The van der Waals surface area contributed by atoms with Crippen molar-refractivity contribution in [3.8, 4) is 0 Å². The lowest BCUT2D eigenvalue weighted by Crippen LogP contribution is -2.34. The molecule has 1 saturated heterocycles. The number of rotatable bonds is 11. The first-order valence-electron chi connectivity index (χ1n) is 10.4. The number of anilines is 1. The van der Waals surface area contributed by atoms with E-state index in [9.17, 15) is 9.18 Å². The zero-order chi connectivity index (χ0) is 20.7. The molecule has 1 aliphatic heterocycles. The third-order valence-electron chi connectivity index (χ3n) is 5.84. The maximum atomic E-state index is 14.8. The van der Waals surface area contributed by atoms with Crippen LogP contribution in [0.2, 0.25) is 0 Å². The average molecular weight is 395 g/mol. The average Bonchev–Trinajstić information content (AvgIpc) is 3.06. The number of methoxy groups -OCH3 is 2. The van der Waals surface area contributed by atoms with E-state index in [1.54, 1.807) is 19.1 Å². The largest absolute Gasteiger partial charge is 0.349 e. The van der Waals surface area contributed by atoms with Crippen LogP contribution in [0.3, 0.4) is 0 Å². The molecule has 158 valence electrons. The first kappa shape index (κ1) is 22.6. The van der Waals surface area contributed by atoms with E-state index in [0.717, 1.165) is 13.0 Å². The van der Waals surface area contributed by atoms with Crippen molar-refractivity contribution in [1.29, 1.82) is 0 Å². The normalized spacial score (nSPS) is 15.2. The molecule has 0 aromatic heterocycles. The number of benzene rings is 1. The van der Waals surface area contributed by atoms with Gasteiger partial charge in [-0.3, -0.25) is 4.90 Å². The highest BCUT2D eigenvalue weighted by molar-refractivity contribution is 5.94. The van der Waals surface area contributed by atoms with E-state index in [4.69, 9.17) is 9.47 Å². The summed E-state index contributed by atoms with van der Waals surface area (Å²) in [6.07, 6.45) is 5.76. The molecule has 28 heavy (non-hydrogen) atoms. The lowest BCUT2D eigenvalue weighted by atomic mass is 9.95. The second-order valence-corrected chi connectivity index (χ2v) is 7.67. The molecule has 1 heterocycles. The Morgan fingerprint density at radius 3 is 2.29 bits per heavy atom. The lowest BCUT2D eigenvalue weighted by molar-refractivity contribution is -0.201. The van der Waals surface area contributed by atoms with Crippen molar-refractivity contribution in [2.45, 2.75) is 58.7 Å². The molecule has 0 spiro atoms. The molecular weight excluding hydrogens is 359 g/mol. The van der Waals surface area contributed by atoms with E-state index in [-0.39, 0.29) is 6.03 Å². The summed E-state index contributed by atoms with van der Waals surface area (Å²) < 4.78 is 25.5. The third kappa shape index (κ3) is 5.03. The summed E-state index contributed by atoms with van der Waals surface area (Å²) in [7, 11) is 3.03. The van der Waals surface area contributed by atoms with Crippen molar-refractivity contribution >= 4 is 11.7 Å². The minimum atomic E-state index is -1.02. The van der Waals surface area contributed by atoms with Crippen LogP contribution in [0.1, 0.15) is 58.4 Å². The smallest absolute Gasteiger partial charge is 0.324 e. The minimum absolute atomic E-state index is 0.111. The Balaban J connectivity index is 2.06. The number of urea groups is 1. The van der Waals surface area contributed by atoms with Crippen molar-refractivity contribution < 1.29 is 18.7 Å². The van der Waals surface area contributed by atoms with Gasteiger partial charge in [-0.05, 0) is 31.4 Å². The number of amides is 2. The standard InChI is InChI=1S/C22H35FN2O3/c1-6-8-17(9-7-2)12-13-24-14-15-25(21(24)26)20-11-10-18(16-19(20)23)22(3,27-4)28-5/h10-11,16-17H,6-9,12-15H2,1-5H3. The van der Waals surface area contributed by atoms with Gasteiger partial charge in [0, 0.05) is 39.4 Å². The van der Waals surface area contributed by atoms with Gasteiger partial charge in [0.05, 0.1) is 5.69 Å². The Morgan fingerprint density at radius 1 is 1.11 bits per heavy atom. The van der Waals surface area contributed by atoms with Crippen molar-refractivity contribution in [3.63, 3.8) is 0 Å². The highest BCUT2D eigenvalue weighted by Gasteiger charge is 2.33. The SMILES string of the molecule is CCCC(CCC)CCN1CCN(c2ccc(C(C)(OC)OC)cc2F)C1=O. The Kier molecular flexibility index (Phi) is 8.25. The Morgan fingerprint density at radius 2 is 1.75 bits per heavy atom. The fourth-order valence-corrected chi connectivity index (χ4v) is 3.93. The van der Waals surface area contributed by atoms with Gasteiger partial charge in [0.2, 0.25) is 0 Å². The molecule has 1 fully saturated rings. The van der Waals surface area contributed by atoms with E-state index in [1.807, 2.05) is 4.90 Å². The molecule has 0 atom stereocenters. The van der Waals surface area contributed by atoms with Gasteiger partial charge in [0.15, 0.2) is 5.79 Å². The molecule has 0 N–H and O–H groups in total. The van der Waals surface area contributed by atoms with Crippen molar-refractivity contribution in [2.24, 2.45) is 5.92 Å². The fourth-order valence-electron chi connectivity index (χ4n) is 3.93. The van der Waals surface area contributed by atoms with Crippen LogP contribution in [0.25, 0.3) is 0 Å². The van der Waals surface area contributed by atoms with E-state index in [2.05, 4.69) is 13.8 Å². The summed E-state index contributed by atoms with van der Waals surface area (Å²) in [5.74, 6) is -0.801. The summed E-state index contributed by atoms with van der Waals surface area (Å²) in [5, 5.41) is 0. The Hall–Kier alpha value is -1.66. The van der Waals surface area contributed by atoms with Crippen LogP contribution < -0.4 is 4.90 Å². The molecule has 0 radical (unpaired) electrons. The first-order valence-corrected chi connectivity index (χ1v) is 10.4. The van der Waals surface area contributed by atoms with Gasteiger partial charge in [-0.15, -0.1) is 0 Å². The van der Waals surface area contributed by atoms with Crippen molar-refractivity contribution in [1.82, 2.24) is 4.90 Å². The van der Waals surface area contributed by atoms with Gasteiger partial charge < -0.3 is 14.4 Å². The van der Waals surface area contributed by atoms with Crippen molar-refractivity contribution in [3.05, 3.63) is 29.6 Å². The summed E-state index contributed by atoms with van der Waals surface area (Å²) in [5.41, 5.74) is 0.883. The number of carbonyl (C=O) groups excluding carboxylic acids is 1. The number of ether oxygens (including phenoxy) is 2. The predicted molar refractivity (Wildman–Crippen MR) is 110 cm³/mol. The topological polar surface area (TPSA) is 42.0 Å². The molecule has 2 amide bonds. The number of hydrogen-bond acceptors (Lipinski definition) is 3. The van der Waals surface area contributed by atoms with Gasteiger partial charge in [-0.1, -0.05) is 45.6 Å². The van der Waals surface area contributed by atoms with Crippen LogP contribution in [0.5, 0.6) is 0 Å². The molecule has 0 saturated carbocycles. The molecular formula is C22H35FN2O3. The number of carbonyl (C=O) groups is 1. The monoisotopic (exact) mass is 394 g/mol. The molecule has 6 heteroatoms. The summed E-state index contributed by atoms with van der Waals surface area (Å²) in [6.45, 7) is 8.02. The Bertz CT molecular complexity index is 643. The fraction of sp³-hybridized carbons (Fsp3) is 0.682. The van der Waals surface area contributed by atoms with E-state index >= 15 is 0 Å². The van der Waals surface area contributed by atoms with Crippen LogP contribution in [0.15, 0.2) is 18.2 Å². The van der Waals surface area contributed by atoms with Gasteiger partial charge in [0.1, 0.15) is 5.82 Å². The number of hydrogen-bond donors (Lipinski definition) is 0. The molecule has 0 bridgehead atoms. The molecule has 2 rings (SSSR count). The molecule has 1 aliphatic rings. The van der Waals surface area contributed by atoms with E-state index in [1.165, 1.54) is 50.9 Å². The van der Waals surface area contributed by atoms with Crippen LogP contribution in [-0.2, 0) is 15.3 Å². The quantitative estimate of drug-likeness (QED) is 0.488. The predicted octanol–water partition coefficient (Wildman–Crippen LogP) is 5.14. The van der Waals surface area contributed by atoms with Crippen LogP contribution in [-0.4, -0.2) is 44.8 Å². The van der Waals surface area contributed by atoms with Crippen LogP contribution >= 0.6 is 0 Å². The summed E-state index contributed by atoms with van der Waals surface area (Å²) in [6, 6.07) is 4.66. The zero-order valence-electron chi connectivity index (χ0n) is 18.0. The second kappa shape index (κ2) is 10.2. The molecule has 5 nitrogen and oxygen atoms in total. The lowest BCUT2D eigenvalue weighted by Gasteiger charge is -2.27. The summed E-state index contributed by atoms with van der Waals surface area (Å²) in [4.78, 5) is 16.2. The van der Waals surface area contributed by atoms with E-state index in [0.29, 0.717) is 30.3 Å². The first-order chi connectivity index (χ1) is 13.4. The minimum Gasteiger partial charge on any atom is -0.349 e. The second-order valence-electron chi connectivity index (χ2n) is 7.67. The van der Waals surface area contributed by atoms with Gasteiger partial charge in [-0.25, -0.2) is 9.18 Å². The number of nitrogens with zero attached hydrogens (tertiary/aromatic N) is 2. The molecule has 0 aliphatic carbocycles. The van der Waals surface area contributed by atoms with Gasteiger partial charge in [0.25, 0.3) is 0 Å².